The second kappa shape index (κ2) is 8.80. The first kappa shape index (κ1) is 22.0. The minimum absolute atomic E-state index is 0.0144. The van der Waals surface area contributed by atoms with E-state index in [1.165, 1.54) is 19.2 Å². The molecule has 1 amide bonds. The van der Waals surface area contributed by atoms with Crippen molar-refractivity contribution in [1.82, 2.24) is 4.98 Å². The topological polar surface area (TPSA) is 102 Å². The molecule has 0 saturated carbocycles. The van der Waals surface area contributed by atoms with Gasteiger partial charge in [-0.15, -0.1) is 0 Å². The molecule has 0 aliphatic carbocycles. The second-order valence-corrected chi connectivity index (χ2v) is 8.11. The lowest BCUT2D eigenvalue weighted by Crippen LogP contribution is -2.30. The number of nitrogens with zero attached hydrogens (tertiary/aromatic N) is 1. The van der Waals surface area contributed by atoms with E-state index in [2.05, 4.69) is 10.3 Å². The molecule has 0 spiro atoms. The van der Waals surface area contributed by atoms with Gasteiger partial charge < -0.3 is 10.1 Å². The maximum absolute atomic E-state index is 12.5. The molecule has 0 aliphatic rings. The van der Waals surface area contributed by atoms with E-state index < -0.39 is 38.5 Å². The molecule has 1 aromatic carbocycles. The number of carbonyl (C=O) groups excluding carboxylic acids is 2. The number of pyridine rings is 1. The van der Waals surface area contributed by atoms with Crippen molar-refractivity contribution in [2.45, 2.75) is 23.7 Å². The van der Waals surface area contributed by atoms with Crippen molar-refractivity contribution in [3.63, 3.8) is 0 Å². The Bertz CT molecular complexity index is 1000. The standard InChI is InChI=1S/C16H12Cl2F2N2O5S/c1-8(14(23)22-13-12(18)6-10(17)7-21-13)27-15(24)9-2-4-11(5-3-9)28(25,26)16(19)20/h2-8,16H,1H3,(H,21,22,23). The molecule has 150 valence electrons. The summed E-state index contributed by atoms with van der Waals surface area (Å²) in [6.45, 7) is 1.28. The highest BCUT2D eigenvalue weighted by Gasteiger charge is 2.27. The number of carbonyl (C=O) groups is 2. The molecule has 1 heterocycles. The van der Waals surface area contributed by atoms with Crippen LogP contribution < -0.4 is 5.32 Å². The highest BCUT2D eigenvalue weighted by molar-refractivity contribution is 7.91. The van der Waals surface area contributed by atoms with Crippen LogP contribution in [0.25, 0.3) is 0 Å². The Morgan fingerprint density at radius 3 is 2.32 bits per heavy atom. The smallest absolute Gasteiger partial charge is 0.341 e. The van der Waals surface area contributed by atoms with Crippen LogP contribution in [-0.4, -0.2) is 37.1 Å². The minimum atomic E-state index is -4.78. The largest absolute Gasteiger partial charge is 0.449 e. The van der Waals surface area contributed by atoms with Gasteiger partial charge in [0.2, 0.25) is 9.84 Å². The molecule has 28 heavy (non-hydrogen) atoms. The summed E-state index contributed by atoms with van der Waals surface area (Å²) in [5, 5.41) is 2.70. The number of benzene rings is 1. The van der Waals surface area contributed by atoms with E-state index >= 15 is 0 Å². The van der Waals surface area contributed by atoms with Gasteiger partial charge in [0.1, 0.15) is 0 Å². The number of esters is 1. The monoisotopic (exact) mass is 452 g/mol. The second-order valence-electron chi connectivity index (χ2n) is 5.35. The van der Waals surface area contributed by atoms with Gasteiger partial charge in [-0.25, -0.2) is 18.2 Å². The molecular formula is C16H12Cl2F2N2O5S. The van der Waals surface area contributed by atoms with E-state index in [-0.39, 0.29) is 21.4 Å². The summed E-state index contributed by atoms with van der Waals surface area (Å²) in [5.74, 6) is -5.26. The Labute approximate surface area is 168 Å². The molecule has 0 bridgehead atoms. The van der Waals surface area contributed by atoms with Gasteiger partial charge in [0.05, 0.1) is 20.5 Å². The highest BCUT2D eigenvalue weighted by atomic mass is 35.5. The Balaban J connectivity index is 2.04. The van der Waals surface area contributed by atoms with Gasteiger partial charge in [-0.05, 0) is 37.3 Å². The van der Waals surface area contributed by atoms with E-state index in [1.807, 2.05) is 0 Å². The maximum Gasteiger partial charge on any atom is 0.341 e. The van der Waals surface area contributed by atoms with Crippen LogP contribution in [0.1, 0.15) is 17.3 Å². The van der Waals surface area contributed by atoms with Crippen LogP contribution in [0.5, 0.6) is 0 Å². The summed E-state index contributed by atoms with van der Waals surface area (Å²) < 4.78 is 52.7. The first-order chi connectivity index (χ1) is 13.0. The third kappa shape index (κ3) is 5.15. The summed E-state index contributed by atoms with van der Waals surface area (Å²) >= 11 is 11.6. The number of rotatable bonds is 6. The van der Waals surface area contributed by atoms with Gasteiger partial charge >= 0.3 is 11.7 Å². The molecule has 0 aliphatic heterocycles. The molecule has 0 radical (unpaired) electrons. The summed E-state index contributed by atoms with van der Waals surface area (Å²) in [6.07, 6.45) is -0.000120. The average Bonchev–Trinajstić information content (AvgIpc) is 2.63. The van der Waals surface area contributed by atoms with Gasteiger partial charge in [0, 0.05) is 6.20 Å². The van der Waals surface area contributed by atoms with E-state index in [0.717, 1.165) is 24.3 Å². The quantitative estimate of drug-likeness (QED) is 0.671. The predicted octanol–water partition coefficient (Wildman–Crippen LogP) is 3.57. The van der Waals surface area contributed by atoms with Crippen molar-refractivity contribution in [3.8, 4) is 0 Å². The molecule has 0 fully saturated rings. The summed E-state index contributed by atoms with van der Waals surface area (Å²) in [7, 11) is -4.78. The maximum atomic E-state index is 12.5. The molecular weight excluding hydrogens is 441 g/mol. The minimum Gasteiger partial charge on any atom is -0.449 e. The van der Waals surface area contributed by atoms with Crippen LogP contribution in [0.3, 0.4) is 0 Å². The Morgan fingerprint density at radius 1 is 1.18 bits per heavy atom. The lowest BCUT2D eigenvalue weighted by molar-refractivity contribution is -0.123. The number of hydrogen-bond donors (Lipinski definition) is 1. The van der Waals surface area contributed by atoms with Crippen LogP contribution in [0.2, 0.25) is 10.0 Å². The first-order valence-corrected chi connectivity index (χ1v) is 9.77. The number of aromatic nitrogens is 1. The molecule has 7 nitrogen and oxygen atoms in total. The van der Waals surface area contributed by atoms with Crippen LogP contribution in [0.4, 0.5) is 14.6 Å². The van der Waals surface area contributed by atoms with E-state index in [4.69, 9.17) is 27.9 Å². The number of anilines is 1. The SMILES string of the molecule is CC(OC(=O)c1ccc(S(=O)(=O)C(F)F)cc1)C(=O)Nc1ncc(Cl)cc1Cl. The molecule has 0 saturated heterocycles. The zero-order chi connectivity index (χ0) is 21.1. The number of ether oxygens (including phenoxy) is 1. The number of halogens is 4. The third-order valence-corrected chi connectivity index (χ3v) is 5.25. The van der Waals surface area contributed by atoms with Gasteiger partial charge in [-0.1, -0.05) is 23.2 Å². The van der Waals surface area contributed by atoms with Crippen molar-refractivity contribution in [1.29, 1.82) is 0 Å². The van der Waals surface area contributed by atoms with Crippen molar-refractivity contribution in [3.05, 3.63) is 52.1 Å². The van der Waals surface area contributed by atoms with Crippen LogP contribution in [0.15, 0.2) is 41.4 Å². The zero-order valence-electron chi connectivity index (χ0n) is 14.0. The summed E-state index contributed by atoms with van der Waals surface area (Å²) in [6, 6.07) is 5.05. The van der Waals surface area contributed by atoms with E-state index in [0.29, 0.717) is 0 Å². The van der Waals surface area contributed by atoms with Crippen LogP contribution in [0, 0.1) is 0 Å². The number of alkyl halides is 2. The van der Waals surface area contributed by atoms with Crippen molar-refractivity contribution in [2.24, 2.45) is 0 Å². The average molecular weight is 453 g/mol. The van der Waals surface area contributed by atoms with E-state index in [9.17, 15) is 26.8 Å². The van der Waals surface area contributed by atoms with Crippen LogP contribution in [-0.2, 0) is 19.4 Å². The molecule has 1 N–H and O–H groups in total. The number of amides is 1. The van der Waals surface area contributed by atoms with Crippen molar-refractivity contribution < 1.29 is 31.5 Å². The molecule has 1 atom stereocenters. The van der Waals surface area contributed by atoms with Gasteiger partial charge in [0.15, 0.2) is 11.9 Å². The normalized spacial score (nSPS) is 12.5. The molecule has 12 heteroatoms. The highest BCUT2D eigenvalue weighted by Crippen LogP contribution is 2.23. The zero-order valence-corrected chi connectivity index (χ0v) is 16.4. The number of sulfone groups is 1. The van der Waals surface area contributed by atoms with Crippen LogP contribution >= 0.6 is 23.2 Å². The van der Waals surface area contributed by atoms with Crippen molar-refractivity contribution in [2.75, 3.05) is 5.32 Å². The van der Waals surface area contributed by atoms with Gasteiger partial charge in [0.25, 0.3) is 5.91 Å². The Kier molecular flexibility index (Phi) is 6.91. The molecule has 2 aromatic rings. The fraction of sp³-hybridized carbons (Fsp3) is 0.188. The van der Waals surface area contributed by atoms with E-state index in [1.54, 1.807) is 0 Å². The summed E-state index contributed by atoms with van der Waals surface area (Å²) in [5.41, 5.74) is -0.129. The van der Waals surface area contributed by atoms with Gasteiger partial charge in [-0.3, -0.25) is 4.79 Å². The molecule has 2 rings (SSSR count). The fourth-order valence-corrected chi connectivity index (χ4v) is 3.04. The predicted molar refractivity (Wildman–Crippen MR) is 97.4 cm³/mol. The lowest BCUT2D eigenvalue weighted by Gasteiger charge is -2.14. The Morgan fingerprint density at radius 2 is 1.79 bits per heavy atom. The third-order valence-electron chi connectivity index (χ3n) is 3.36. The number of nitrogens with one attached hydrogen (secondary N) is 1. The van der Waals surface area contributed by atoms with Crippen molar-refractivity contribution >= 4 is 50.7 Å². The summed E-state index contributed by atoms with van der Waals surface area (Å²) in [4.78, 5) is 27.3. The first-order valence-electron chi connectivity index (χ1n) is 7.47. The number of hydrogen-bond acceptors (Lipinski definition) is 6. The Hall–Kier alpha value is -2.30. The molecule has 1 unspecified atom stereocenters. The lowest BCUT2D eigenvalue weighted by atomic mass is 10.2. The van der Waals surface area contributed by atoms with Gasteiger partial charge in [-0.2, -0.15) is 8.78 Å². The molecule has 1 aromatic heterocycles. The fourth-order valence-electron chi connectivity index (χ4n) is 1.89.